The van der Waals surface area contributed by atoms with Crippen molar-refractivity contribution in [3.63, 3.8) is 0 Å². The second-order valence-corrected chi connectivity index (χ2v) is 5.23. The van der Waals surface area contributed by atoms with Crippen LogP contribution in [0.25, 0.3) is 33.1 Å². The summed E-state index contributed by atoms with van der Waals surface area (Å²) in [5, 5.41) is 10.8. The summed E-state index contributed by atoms with van der Waals surface area (Å²) in [5.41, 5.74) is 3.42. The van der Waals surface area contributed by atoms with Gasteiger partial charge in [-0.3, -0.25) is 0 Å². The molecule has 0 saturated carbocycles. The molecule has 2 aromatic heterocycles. The van der Waals surface area contributed by atoms with E-state index < -0.39 is 0 Å². The normalized spacial score (nSPS) is 11.0. The Morgan fingerprint density at radius 1 is 0.870 bits per heavy atom. The summed E-state index contributed by atoms with van der Waals surface area (Å²) in [4.78, 5) is 4.65. The molecule has 0 radical (unpaired) electrons. The first-order valence-electron chi connectivity index (χ1n) is 7.61. The summed E-state index contributed by atoms with van der Waals surface area (Å²) >= 11 is 0. The first-order chi connectivity index (χ1) is 11.4. The minimum Gasteiger partial charge on any atom is -0.478 e. The van der Waals surface area contributed by atoms with Crippen molar-refractivity contribution in [2.45, 2.75) is 6.92 Å². The van der Waals surface area contributed by atoms with Crippen molar-refractivity contribution in [1.82, 2.24) is 15.2 Å². The lowest BCUT2D eigenvalue weighted by Crippen LogP contribution is -1.98. The van der Waals surface area contributed by atoms with Gasteiger partial charge in [0.2, 0.25) is 5.88 Å². The number of aromatic nitrogens is 3. The Labute approximate surface area is 133 Å². The van der Waals surface area contributed by atoms with Gasteiger partial charge in [-0.15, -0.1) is 10.2 Å². The highest BCUT2D eigenvalue weighted by Gasteiger charge is 2.11. The summed E-state index contributed by atoms with van der Waals surface area (Å²) in [6.07, 6.45) is 0. The SMILES string of the molecule is CCOc1nc2cc(-c3ccccc3)nnc2c2ccccc12. The van der Waals surface area contributed by atoms with E-state index in [1.54, 1.807) is 0 Å². The van der Waals surface area contributed by atoms with Crippen LogP contribution in [0.1, 0.15) is 6.92 Å². The second kappa shape index (κ2) is 5.65. The third-order valence-electron chi connectivity index (χ3n) is 3.76. The third-order valence-corrected chi connectivity index (χ3v) is 3.76. The van der Waals surface area contributed by atoms with Gasteiger partial charge in [0.25, 0.3) is 0 Å². The number of rotatable bonds is 3. The van der Waals surface area contributed by atoms with E-state index in [1.807, 2.05) is 67.6 Å². The molecule has 0 bridgehead atoms. The van der Waals surface area contributed by atoms with Crippen molar-refractivity contribution in [3.8, 4) is 17.1 Å². The number of benzene rings is 2. The molecule has 0 atom stereocenters. The van der Waals surface area contributed by atoms with E-state index >= 15 is 0 Å². The highest BCUT2D eigenvalue weighted by atomic mass is 16.5. The van der Waals surface area contributed by atoms with E-state index in [9.17, 15) is 0 Å². The minimum atomic E-state index is 0.576. The molecule has 0 N–H and O–H groups in total. The van der Waals surface area contributed by atoms with Gasteiger partial charge in [0.05, 0.1) is 17.8 Å². The fourth-order valence-electron chi connectivity index (χ4n) is 2.70. The Bertz CT molecular complexity index is 984. The maximum atomic E-state index is 5.71. The molecule has 0 aliphatic rings. The lowest BCUT2D eigenvalue weighted by Gasteiger charge is -2.09. The van der Waals surface area contributed by atoms with Crippen molar-refractivity contribution < 1.29 is 4.74 Å². The predicted molar refractivity (Wildman–Crippen MR) is 91.4 cm³/mol. The van der Waals surface area contributed by atoms with Crippen molar-refractivity contribution in [2.75, 3.05) is 6.61 Å². The lowest BCUT2D eigenvalue weighted by atomic mass is 10.1. The summed E-state index contributed by atoms with van der Waals surface area (Å²) < 4.78 is 5.71. The zero-order valence-corrected chi connectivity index (χ0v) is 12.7. The van der Waals surface area contributed by atoms with Crippen LogP contribution in [0.2, 0.25) is 0 Å². The van der Waals surface area contributed by atoms with Crippen LogP contribution in [0, 0.1) is 0 Å². The number of hydrogen-bond acceptors (Lipinski definition) is 4. The number of pyridine rings is 1. The fraction of sp³-hybridized carbons (Fsp3) is 0.105. The van der Waals surface area contributed by atoms with Gasteiger partial charge in [0.15, 0.2) is 0 Å². The van der Waals surface area contributed by atoms with Gasteiger partial charge in [0, 0.05) is 16.3 Å². The van der Waals surface area contributed by atoms with Crippen LogP contribution in [0.3, 0.4) is 0 Å². The minimum absolute atomic E-state index is 0.576. The van der Waals surface area contributed by atoms with E-state index in [0.29, 0.717) is 12.5 Å². The molecule has 0 aliphatic heterocycles. The van der Waals surface area contributed by atoms with Gasteiger partial charge in [-0.2, -0.15) is 0 Å². The molecule has 112 valence electrons. The van der Waals surface area contributed by atoms with E-state index in [0.717, 1.165) is 33.1 Å². The molecule has 4 nitrogen and oxygen atoms in total. The van der Waals surface area contributed by atoms with Crippen molar-refractivity contribution in [1.29, 1.82) is 0 Å². The van der Waals surface area contributed by atoms with E-state index in [2.05, 4.69) is 15.2 Å². The molecule has 4 heteroatoms. The molecular formula is C19H15N3O. The molecular weight excluding hydrogens is 286 g/mol. The standard InChI is InChI=1S/C19H15N3O/c1-2-23-19-15-11-7-6-10-14(15)18-17(20-19)12-16(21-22-18)13-8-4-3-5-9-13/h3-12H,2H2,1H3. The van der Waals surface area contributed by atoms with Crippen LogP contribution in [0.5, 0.6) is 5.88 Å². The smallest absolute Gasteiger partial charge is 0.222 e. The lowest BCUT2D eigenvalue weighted by molar-refractivity contribution is 0.332. The molecule has 0 amide bonds. The Morgan fingerprint density at radius 2 is 1.61 bits per heavy atom. The zero-order chi connectivity index (χ0) is 15.6. The van der Waals surface area contributed by atoms with Gasteiger partial charge in [-0.25, -0.2) is 4.98 Å². The van der Waals surface area contributed by atoms with E-state index in [1.165, 1.54) is 0 Å². The van der Waals surface area contributed by atoms with E-state index in [4.69, 9.17) is 4.74 Å². The highest BCUT2D eigenvalue weighted by molar-refractivity contribution is 6.05. The molecule has 0 aliphatic carbocycles. The van der Waals surface area contributed by atoms with Gasteiger partial charge in [0.1, 0.15) is 5.52 Å². The molecule has 0 spiro atoms. The third kappa shape index (κ3) is 2.38. The van der Waals surface area contributed by atoms with Crippen LogP contribution in [0.15, 0.2) is 60.7 Å². The summed E-state index contributed by atoms with van der Waals surface area (Å²) in [5.74, 6) is 0.641. The fourth-order valence-corrected chi connectivity index (χ4v) is 2.70. The largest absolute Gasteiger partial charge is 0.478 e. The molecule has 0 fully saturated rings. The number of ether oxygens (including phenoxy) is 1. The van der Waals surface area contributed by atoms with Crippen molar-refractivity contribution in [2.24, 2.45) is 0 Å². The molecule has 2 aromatic carbocycles. The maximum Gasteiger partial charge on any atom is 0.222 e. The molecule has 0 unspecified atom stereocenters. The van der Waals surface area contributed by atoms with Gasteiger partial charge in [-0.05, 0) is 19.1 Å². The van der Waals surface area contributed by atoms with Crippen LogP contribution >= 0.6 is 0 Å². The first-order valence-corrected chi connectivity index (χ1v) is 7.61. The summed E-state index contributed by atoms with van der Waals surface area (Å²) in [6.45, 7) is 2.54. The molecule has 23 heavy (non-hydrogen) atoms. The quantitative estimate of drug-likeness (QED) is 0.531. The monoisotopic (exact) mass is 301 g/mol. The Balaban J connectivity index is 2.00. The van der Waals surface area contributed by atoms with Gasteiger partial charge in [-0.1, -0.05) is 48.5 Å². The molecule has 2 heterocycles. The average molecular weight is 301 g/mol. The van der Waals surface area contributed by atoms with Crippen molar-refractivity contribution >= 4 is 21.8 Å². The number of nitrogens with zero attached hydrogens (tertiary/aromatic N) is 3. The van der Waals surface area contributed by atoms with Crippen molar-refractivity contribution in [3.05, 3.63) is 60.7 Å². The predicted octanol–water partition coefficient (Wildman–Crippen LogP) is 4.24. The van der Waals surface area contributed by atoms with Crippen LogP contribution in [0.4, 0.5) is 0 Å². The highest BCUT2D eigenvalue weighted by Crippen LogP contribution is 2.30. The first kappa shape index (κ1) is 13.6. The Kier molecular flexibility index (Phi) is 3.35. The second-order valence-electron chi connectivity index (χ2n) is 5.23. The van der Waals surface area contributed by atoms with Crippen LogP contribution in [-0.4, -0.2) is 21.8 Å². The summed E-state index contributed by atoms with van der Waals surface area (Å²) in [7, 11) is 0. The molecule has 0 saturated heterocycles. The summed E-state index contributed by atoms with van der Waals surface area (Å²) in [6, 6.07) is 19.9. The van der Waals surface area contributed by atoms with E-state index in [-0.39, 0.29) is 0 Å². The number of fused-ring (bicyclic) bond motifs is 3. The Hall–Kier alpha value is -3.01. The van der Waals surface area contributed by atoms with Crippen LogP contribution in [-0.2, 0) is 0 Å². The number of hydrogen-bond donors (Lipinski definition) is 0. The maximum absolute atomic E-state index is 5.71. The molecule has 4 aromatic rings. The van der Waals surface area contributed by atoms with Crippen LogP contribution < -0.4 is 4.74 Å². The van der Waals surface area contributed by atoms with Gasteiger partial charge < -0.3 is 4.74 Å². The average Bonchev–Trinajstić information content (AvgIpc) is 2.62. The topological polar surface area (TPSA) is 47.9 Å². The Morgan fingerprint density at radius 3 is 2.39 bits per heavy atom. The van der Waals surface area contributed by atoms with Gasteiger partial charge >= 0.3 is 0 Å². The molecule has 4 rings (SSSR count). The zero-order valence-electron chi connectivity index (χ0n) is 12.7.